The van der Waals surface area contributed by atoms with E-state index in [0.29, 0.717) is 26.0 Å². The van der Waals surface area contributed by atoms with Crippen LogP contribution in [0, 0.1) is 0 Å². The molecule has 2 aliphatic rings. The van der Waals surface area contributed by atoms with Gasteiger partial charge in [-0.25, -0.2) is 8.78 Å². The number of alkyl halides is 2. The van der Waals surface area contributed by atoms with Gasteiger partial charge in [-0.3, -0.25) is 0 Å². The SMILES string of the molecule is FC1(F)CCCNC12CCCOC2. The van der Waals surface area contributed by atoms with Crippen LogP contribution in [0.4, 0.5) is 8.78 Å². The molecule has 76 valence electrons. The minimum absolute atomic E-state index is 0.00333. The highest BCUT2D eigenvalue weighted by atomic mass is 19.3. The van der Waals surface area contributed by atoms with Crippen LogP contribution in [0.15, 0.2) is 0 Å². The molecule has 13 heavy (non-hydrogen) atoms. The molecule has 0 amide bonds. The first kappa shape index (κ1) is 9.34. The molecule has 2 nitrogen and oxygen atoms in total. The average molecular weight is 191 g/mol. The Labute approximate surface area is 76.6 Å². The third-order valence-corrected chi connectivity index (χ3v) is 3.07. The molecule has 2 heterocycles. The van der Waals surface area contributed by atoms with E-state index in [2.05, 4.69) is 5.32 Å². The lowest BCUT2D eigenvalue weighted by Gasteiger charge is -2.46. The molecule has 1 atom stereocenters. The summed E-state index contributed by atoms with van der Waals surface area (Å²) in [6.45, 7) is 1.48. The second kappa shape index (κ2) is 3.17. The summed E-state index contributed by atoms with van der Waals surface area (Å²) in [5.74, 6) is -2.59. The average Bonchev–Trinajstić information content (AvgIpc) is 2.12. The second-order valence-electron chi connectivity index (χ2n) is 3.97. The molecule has 2 fully saturated rings. The second-order valence-corrected chi connectivity index (χ2v) is 3.97. The van der Waals surface area contributed by atoms with Gasteiger partial charge in [0, 0.05) is 13.0 Å². The standard InChI is InChI=1S/C9H15F2NO/c10-9(11)4-1-5-12-8(9)3-2-6-13-7-8/h12H,1-7H2. The fraction of sp³-hybridized carbons (Fsp3) is 1.00. The molecule has 0 aromatic heterocycles. The van der Waals surface area contributed by atoms with Crippen molar-refractivity contribution < 1.29 is 13.5 Å². The maximum Gasteiger partial charge on any atom is 0.268 e. The highest BCUT2D eigenvalue weighted by molar-refractivity contribution is 5.04. The smallest absolute Gasteiger partial charge is 0.268 e. The van der Waals surface area contributed by atoms with Crippen LogP contribution >= 0.6 is 0 Å². The van der Waals surface area contributed by atoms with Crippen LogP contribution in [0.5, 0.6) is 0 Å². The van der Waals surface area contributed by atoms with E-state index in [4.69, 9.17) is 4.74 Å². The number of hydrogen-bond donors (Lipinski definition) is 1. The van der Waals surface area contributed by atoms with Gasteiger partial charge in [0.15, 0.2) is 0 Å². The van der Waals surface area contributed by atoms with E-state index in [1.165, 1.54) is 0 Å². The Hall–Kier alpha value is -0.220. The summed E-state index contributed by atoms with van der Waals surface area (Å²) >= 11 is 0. The van der Waals surface area contributed by atoms with Crippen molar-refractivity contribution in [3.63, 3.8) is 0 Å². The van der Waals surface area contributed by atoms with Crippen molar-refractivity contribution in [2.24, 2.45) is 0 Å². The predicted octanol–water partition coefficient (Wildman–Crippen LogP) is 1.55. The fourth-order valence-electron chi connectivity index (χ4n) is 2.23. The van der Waals surface area contributed by atoms with Crippen molar-refractivity contribution in [3.8, 4) is 0 Å². The topological polar surface area (TPSA) is 21.3 Å². The highest BCUT2D eigenvalue weighted by Gasteiger charge is 2.55. The number of rotatable bonds is 0. The molecular weight excluding hydrogens is 176 g/mol. The van der Waals surface area contributed by atoms with Crippen LogP contribution in [-0.4, -0.2) is 31.2 Å². The number of piperidine rings is 1. The Morgan fingerprint density at radius 1 is 1.15 bits per heavy atom. The molecule has 0 radical (unpaired) electrons. The maximum absolute atomic E-state index is 13.6. The zero-order valence-corrected chi connectivity index (χ0v) is 7.61. The predicted molar refractivity (Wildman–Crippen MR) is 45.0 cm³/mol. The Bertz CT molecular complexity index is 182. The van der Waals surface area contributed by atoms with E-state index in [-0.39, 0.29) is 13.0 Å². The number of halogens is 2. The molecule has 2 saturated heterocycles. The molecule has 4 heteroatoms. The first-order valence-corrected chi connectivity index (χ1v) is 4.87. The Kier molecular flexibility index (Phi) is 2.28. The first-order valence-electron chi connectivity index (χ1n) is 4.87. The van der Waals surface area contributed by atoms with Crippen molar-refractivity contribution in [2.75, 3.05) is 19.8 Å². The summed E-state index contributed by atoms with van der Waals surface area (Å²) in [6.07, 6.45) is 1.85. The normalized spacial score (nSPS) is 39.2. The monoisotopic (exact) mass is 191 g/mol. The van der Waals surface area contributed by atoms with Gasteiger partial charge in [0.2, 0.25) is 0 Å². The largest absolute Gasteiger partial charge is 0.379 e. The van der Waals surface area contributed by atoms with E-state index >= 15 is 0 Å². The Balaban J connectivity index is 2.16. The van der Waals surface area contributed by atoms with E-state index in [9.17, 15) is 8.78 Å². The molecule has 0 bridgehead atoms. The lowest BCUT2D eigenvalue weighted by atomic mass is 9.80. The van der Waals surface area contributed by atoms with Gasteiger partial charge in [-0.05, 0) is 25.8 Å². The molecule has 0 aromatic carbocycles. The molecule has 0 aliphatic carbocycles. The molecule has 1 N–H and O–H groups in total. The summed E-state index contributed by atoms with van der Waals surface area (Å²) in [7, 11) is 0. The van der Waals surface area contributed by atoms with Gasteiger partial charge in [0.25, 0.3) is 5.92 Å². The van der Waals surface area contributed by atoms with Gasteiger partial charge >= 0.3 is 0 Å². The van der Waals surface area contributed by atoms with E-state index in [0.717, 1.165) is 6.42 Å². The van der Waals surface area contributed by atoms with Gasteiger partial charge in [-0.15, -0.1) is 0 Å². The van der Waals surface area contributed by atoms with E-state index in [1.807, 2.05) is 0 Å². The molecule has 0 aromatic rings. The molecule has 1 unspecified atom stereocenters. The van der Waals surface area contributed by atoms with Crippen molar-refractivity contribution in [1.82, 2.24) is 5.32 Å². The third kappa shape index (κ3) is 1.46. The van der Waals surface area contributed by atoms with Gasteiger partial charge in [-0.2, -0.15) is 0 Å². The Morgan fingerprint density at radius 3 is 2.62 bits per heavy atom. The van der Waals surface area contributed by atoms with Crippen molar-refractivity contribution in [1.29, 1.82) is 0 Å². The third-order valence-electron chi connectivity index (χ3n) is 3.07. The van der Waals surface area contributed by atoms with Crippen molar-refractivity contribution in [2.45, 2.75) is 37.1 Å². The number of nitrogens with one attached hydrogen (secondary N) is 1. The van der Waals surface area contributed by atoms with Crippen LogP contribution in [0.1, 0.15) is 25.7 Å². The van der Waals surface area contributed by atoms with Crippen molar-refractivity contribution >= 4 is 0 Å². The summed E-state index contributed by atoms with van der Waals surface area (Å²) in [4.78, 5) is 0. The number of ether oxygens (including phenoxy) is 1. The number of hydrogen-bond acceptors (Lipinski definition) is 2. The first-order chi connectivity index (χ1) is 6.16. The molecule has 0 saturated carbocycles. The van der Waals surface area contributed by atoms with Crippen LogP contribution in [0.25, 0.3) is 0 Å². The molecule has 1 spiro atoms. The lowest BCUT2D eigenvalue weighted by Crippen LogP contribution is -2.65. The van der Waals surface area contributed by atoms with Gasteiger partial charge in [-0.1, -0.05) is 0 Å². The Morgan fingerprint density at radius 2 is 2.00 bits per heavy atom. The molecule has 2 rings (SSSR count). The lowest BCUT2D eigenvalue weighted by molar-refractivity contribution is -0.158. The minimum atomic E-state index is -2.59. The maximum atomic E-state index is 13.6. The molecule has 2 aliphatic heterocycles. The van der Waals surface area contributed by atoms with Crippen LogP contribution in [0.2, 0.25) is 0 Å². The summed E-state index contributed by atoms with van der Waals surface area (Å²) in [5, 5.41) is 2.95. The fourth-order valence-corrected chi connectivity index (χ4v) is 2.23. The van der Waals surface area contributed by atoms with Gasteiger partial charge in [0.05, 0.1) is 6.61 Å². The van der Waals surface area contributed by atoms with Crippen molar-refractivity contribution in [3.05, 3.63) is 0 Å². The van der Waals surface area contributed by atoms with Gasteiger partial charge < -0.3 is 10.1 Å². The summed E-state index contributed by atoms with van der Waals surface area (Å²) in [6, 6.07) is 0. The zero-order chi connectivity index (χ0) is 9.36. The quantitative estimate of drug-likeness (QED) is 0.627. The summed E-state index contributed by atoms with van der Waals surface area (Å²) < 4.78 is 32.4. The molecular formula is C9H15F2NO. The van der Waals surface area contributed by atoms with E-state index < -0.39 is 11.5 Å². The highest BCUT2D eigenvalue weighted by Crippen LogP contribution is 2.40. The van der Waals surface area contributed by atoms with Crippen LogP contribution in [-0.2, 0) is 4.74 Å². The zero-order valence-electron chi connectivity index (χ0n) is 7.61. The van der Waals surface area contributed by atoms with E-state index in [1.54, 1.807) is 0 Å². The van der Waals surface area contributed by atoms with Crippen LogP contribution in [0.3, 0.4) is 0 Å². The van der Waals surface area contributed by atoms with Gasteiger partial charge in [0.1, 0.15) is 5.54 Å². The minimum Gasteiger partial charge on any atom is -0.379 e. The van der Waals surface area contributed by atoms with Crippen LogP contribution < -0.4 is 5.32 Å². The summed E-state index contributed by atoms with van der Waals surface area (Å²) in [5.41, 5.74) is -1.05.